The van der Waals surface area contributed by atoms with E-state index in [4.69, 9.17) is 9.47 Å². The molecule has 0 aromatic heterocycles. The van der Waals surface area contributed by atoms with Crippen molar-refractivity contribution in [1.82, 2.24) is 5.32 Å². The molecule has 390 valence electrons. The highest BCUT2D eigenvalue weighted by Gasteiger charge is 2.44. The fraction of sp³-hybridized carbons (Fsp3) is 0.912. The molecular formula is C57H109NO8. The Labute approximate surface area is 407 Å². The fourth-order valence-corrected chi connectivity index (χ4v) is 9.21. The van der Waals surface area contributed by atoms with E-state index < -0.39 is 49.5 Å². The Morgan fingerprint density at radius 1 is 0.500 bits per heavy atom. The van der Waals surface area contributed by atoms with Gasteiger partial charge in [0.05, 0.1) is 25.4 Å². The molecule has 0 spiro atoms. The lowest BCUT2D eigenvalue weighted by atomic mass is 9.99. The zero-order valence-corrected chi connectivity index (χ0v) is 43.2. The summed E-state index contributed by atoms with van der Waals surface area (Å²) < 4.78 is 11.3. The Morgan fingerprint density at radius 3 is 1.23 bits per heavy atom. The largest absolute Gasteiger partial charge is 0.394 e. The van der Waals surface area contributed by atoms with Crippen molar-refractivity contribution in [2.24, 2.45) is 0 Å². The van der Waals surface area contributed by atoms with E-state index in [2.05, 4.69) is 31.3 Å². The van der Waals surface area contributed by atoms with Gasteiger partial charge in [-0.25, -0.2) is 0 Å². The summed E-state index contributed by atoms with van der Waals surface area (Å²) in [5, 5.41) is 54.5. The predicted molar refractivity (Wildman–Crippen MR) is 277 cm³/mol. The zero-order chi connectivity index (χ0) is 48.0. The maximum absolute atomic E-state index is 13.0. The Hall–Kier alpha value is -1.33. The summed E-state index contributed by atoms with van der Waals surface area (Å²) in [6.45, 7) is 3.81. The lowest BCUT2D eigenvalue weighted by molar-refractivity contribution is -0.302. The molecule has 1 aliphatic rings. The van der Waals surface area contributed by atoms with Crippen LogP contribution in [-0.4, -0.2) is 87.5 Å². The molecule has 6 N–H and O–H groups in total. The van der Waals surface area contributed by atoms with E-state index in [1.807, 2.05) is 6.08 Å². The minimum Gasteiger partial charge on any atom is -0.394 e. The van der Waals surface area contributed by atoms with Crippen molar-refractivity contribution in [2.75, 3.05) is 13.2 Å². The molecule has 0 aliphatic carbocycles. The second-order valence-electron chi connectivity index (χ2n) is 20.1. The Balaban J connectivity index is 2.23. The number of ether oxygens (including phenoxy) is 2. The Bertz CT molecular complexity index is 1090. The topological polar surface area (TPSA) is 149 Å². The average Bonchev–Trinajstić information content (AvgIpc) is 3.32. The van der Waals surface area contributed by atoms with Gasteiger partial charge in [0, 0.05) is 6.42 Å². The zero-order valence-electron chi connectivity index (χ0n) is 43.2. The van der Waals surface area contributed by atoms with Gasteiger partial charge in [-0.15, -0.1) is 0 Å². The summed E-state index contributed by atoms with van der Waals surface area (Å²) in [5.41, 5.74) is 0. The van der Waals surface area contributed by atoms with Crippen molar-refractivity contribution in [3.8, 4) is 0 Å². The summed E-state index contributed by atoms with van der Waals surface area (Å²) >= 11 is 0. The number of nitrogens with one attached hydrogen (secondary N) is 1. The molecule has 0 aromatic carbocycles. The second kappa shape index (κ2) is 47.4. The van der Waals surface area contributed by atoms with Crippen LogP contribution in [-0.2, 0) is 14.3 Å². The number of allylic oxidation sites excluding steroid dienone is 3. The van der Waals surface area contributed by atoms with Crippen LogP contribution in [0.1, 0.15) is 277 Å². The van der Waals surface area contributed by atoms with E-state index in [0.717, 1.165) is 38.5 Å². The molecule has 1 rings (SSSR count). The molecule has 1 amide bonds. The van der Waals surface area contributed by atoms with Crippen molar-refractivity contribution in [2.45, 2.75) is 320 Å². The smallest absolute Gasteiger partial charge is 0.220 e. The van der Waals surface area contributed by atoms with Crippen LogP contribution in [0.15, 0.2) is 24.3 Å². The molecule has 0 saturated carbocycles. The van der Waals surface area contributed by atoms with E-state index in [1.165, 1.54) is 218 Å². The number of aliphatic hydroxyl groups is 5. The van der Waals surface area contributed by atoms with E-state index in [9.17, 15) is 30.3 Å². The lowest BCUT2D eigenvalue weighted by Crippen LogP contribution is -2.60. The van der Waals surface area contributed by atoms with E-state index in [1.54, 1.807) is 6.08 Å². The molecule has 1 aliphatic heterocycles. The summed E-state index contributed by atoms with van der Waals surface area (Å²) in [4.78, 5) is 13.0. The highest BCUT2D eigenvalue weighted by molar-refractivity contribution is 5.76. The normalized spacial score (nSPS) is 19.9. The lowest BCUT2D eigenvalue weighted by Gasteiger charge is -2.40. The van der Waals surface area contributed by atoms with Gasteiger partial charge >= 0.3 is 0 Å². The first-order valence-electron chi connectivity index (χ1n) is 28.6. The van der Waals surface area contributed by atoms with Gasteiger partial charge < -0.3 is 40.3 Å². The minimum absolute atomic E-state index is 0.174. The molecule has 1 fully saturated rings. The van der Waals surface area contributed by atoms with Crippen LogP contribution < -0.4 is 5.32 Å². The molecule has 9 heteroatoms. The van der Waals surface area contributed by atoms with Crippen molar-refractivity contribution in [1.29, 1.82) is 0 Å². The third kappa shape index (κ3) is 36.6. The average molecular weight is 936 g/mol. The molecule has 9 nitrogen and oxygen atoms in total. The van der Waals surface area contributed by atoms with Gasteiger partial charge in [-0.1, -0.05) is 250 Å². The number of amides is 1. The second-order valence-corrected chi connectivity index (χ2v) is 20.1. The highest BCUT2D eigenvalue weighted by atomic mass is 16.7. The molecule has 0 aromatic rings. The van der Waals surface area contributed by atoms with Crippen LogP contribution in [0, 0.1) is 0 Å². The van der Waals surface area contributed by atoms with Gasteiger partial charge in [0.25, 0.3) is 0 Å². The fourth-order valence-electron chi connectivity index (χ4n) is 9.21. The standard InChI is InChI=1S/C57H109NO8/c1-3-5-7-9-11-13-15-17-19-21-23-25-26-27-29-31-33-35-37-39-41-43-45-47-53(61)58-50(49-65-57-56(64)55(63)54(62)52(48-59)66-57)51(60)46-44-42-40-38-36-34-32-30-28-24-22-20-18-16-14-12-10-8-6-4-2/h21,23,44,46,50-52,54-57,59-60,62-64H,3-20,22,24-43,45,47-49H2,1-2H3,(H,58,61)/b23-21-,46-44+. The molecule has 0 radical (unpaired) electrons. The third-order valence-electron chi connectivity index (χ3n) is 13.8. The van der Waals surface area contributed by atoms with Crippen LogP contribution in [0.3, 0.4) is 0 Å². The molecule has 0 bridgehead atoms. The quantitative estimate of drug-likeness (QED) is 0.0261. The molecule has 66 heavy (non-hydrogen) atoms. The van der Waals surface area contributed by atoms with E-state index in [-0.39, 0.29) is 12.5 Å². The molecule has 1 heterocycles. The van der Waals surface area contributed by atoms with Gasteiger partial charge in [-0.3, -0.25) is 4.79 Å². The van der Waals surface area contributed by atoms with Crippen molar-refractivity contribution in [3.63, 3.8) is 0 Å². The van der Waals surface area contributed by atoms with Crippen molar-refractivity contribution >= 4 is 5.91 Å². The minimum atomic E-state index is -1.57. The number of carbonyl (C=O) groups excluding carboxylic acids is 1. The molecule has 1 saturated heterocycles. The first-order valence-corrected chi connectivity index (χ1v) is 28.6. The van der Waals surface area contributed by atoms with Crippen LogP contribution in [0.2, 0.25) is 0 Å². The third-order valence-corrected chi connectivity index (χ3v) is 13.8. The van der Waals surface area contributed by atoms with Crippen LogP contribution >= 0.6 is 0 Å². The van der Waals surface area contributed by atoms with E-state index in [0.29, 0.717) is 6.42 Å². The van der Waals surface area contributed by atoms with Crippen molar-refractivity contribution in [3.05, 3.63) is 24.3 Å². The van der Waals surface area contributed by atoms with E-state index >= 15 is 0 Å². The number of aliphatic hydroxyl groups excluding tert-OH is 5. The molecule has 7 unspecified atom stereocenters. The SMILES string of the molecule is CCCCCCCCCC/C=C\CCCCCCCCCCCCCC(=O)NC(COC1OC(CO)C(O)C(O)C1O)C(O)/C=C/CCCCCCCCCCCCCCCCCCCC. The molecule has 7 atom stereocenters. The highest BCUT2D eigenvalue weighted by Crippen LogP contribution is 2.23. The summed E-state index contributed by atoms with van der Waals surface area (Å²) in [6.07, 6.45) is 52.3. The van der Waals surface area contributed by atoms with Crippen LogP contribution in [0.4, 0.5) is 0 Å². The number of hydrogen-bond acceptors (Lipinski definition) is 8. The van der Waals surface area contributed by atoms with Crippen LogP contribution in [0.5, 0.6) is 0 Å². The van der Waals surface area contributed by atoms with Crippen LogP contribution in [0.25, 0.3) is 0 Å². The van der Waals surface area contributed by atoms with Gasteiger partial charge in [0.1, 0.15) is 24.4 Å². The number of carbonyl (C=O) groups is 1. The van der Waals surface area contributed by atoms with Gasteiger partial charge in [0.15, 0.2) is 6.29 Å². The van der Waals surface area contributed by atoms with Gasteiger partial charge in [-0.2, -0.15) is 0 Å². The monoisotopic (exact) mass is 936 g/mol. The maximum atomic E-state index is 13.0. The summed E-state index contributed by atoms with van der Waals surface area (Å²) in [6, 6.07) is -0.803. The Kier molecular flexibility index (Phi) is 45.0. The Morgan fingerprint density at radius 2 is 0.848 bits per heavy atom. The maximum Gasteiger partial charge on any atom is 0.220 e. The predicted octanol–water partition coefficient (Wildman–Crippen LogP) is 13.8. The van der Waals surface area contributed by atoms with Gasteiger partial charge in [0.2, 0.25) is 5.91 Å². The first-order chi connectivity index (χ1) is 32.3. The number of rotatable bonds is 49. The molecular weight excluding hydrogens is 827 g/mol. The first kappa shape index (κ1) is 62.7. The van der Waals surface area contributed by atoms with Crippen molar-refractivity contribution < 1.29 is 39.8 Å². The number of hydrogen-bond donors (Lipinski definition) is 6. The van der Waals surface area contributed by atoms with Gasteiger partial charge in [-0.05, 0) is 44.9 Å². The summed E-state index contributed by atoms with van der Waals surface area (Å²) in [7, 11) is 0. The summed E-state index contributed by atoms with van der Waals surface area (Å²) in [5.74, 6) is -0.174. The number of unbranched alkanes of at least 4 members (excludes halogenated alkanes) is 37.